The predicted octanol–water partition coefficient (Wildman–Crippen LogP) is 7.09. The highest BCUT2D eigenvalue weighted by atomic mass is 35.5. The summed E-state index contributed by atoms with van der Waals surface area (Å²) in [7, 11) is 0. The zero-order chi connectivity index (χ0) is 23.9. The second-order valence-corrected chi connectivity index (χ2v) is 8.28. The standard InChI is InChI=1S/C27H20Cl2N2O3/c28-19-6-13-23(24(29)17-19)25-14-11-22(34-25)12-15-26(32)30-20-7-9-21(10-8-20)31-27(33)16-18-4-2-1-3-5-18/h1-15,17H,16H2,(H,30,32)(H,31,33)/b15-12+. The van der Waals surface area contributed by atoms with Gasteiger partial charge in [-0.2, -0.15) is 0 Å². The molecule has 4 aromatic rings. The topological polar surface area (TPSA) is 71.3 Å². The highest BCUT2D eigenvalue weighted by Crippen LogP contribution is 2.31. The fourth-order valence-electron chi connectivity index (χ4n) is 3.24. The van der Waals surface area contributed by atoms with E-state index in [0.29, 0.717) is 44.9 Å². The molecule has 0 fully saturated rings. The van der Waals surface area contributed by atoms with Crippen molar-refractivity contribution in [3.8, 4) is 11.3 Å². The molecule has 0 aliphatic rings. The predicted molar refractivity (Wildman–Crippen MR) is 137 cm³/mol. The van der Waals surface area contributed by atoms with E-state index in [1.165, 1.54) is 6.08 Å². The molecule has 2 N–H and O–H groups in total. The normalized spacial score (nSPS) is 10.9. The number of rotatable bonds is 7. The summed E-state index contributed by atoms with van der Waals surface area (Å²) in [6, 6.07) is 25.1. The van der Waals surface area contributed by atoms with Crippen molar-refractivity contribution in [1.82, 2.24) is 0 Å². The molecule has 0 atom stereocenters. The van der Waals surface area contributed by atoms with Gasteiger partial charge in [-0.05, 0) is 66.2 Å². The minimum Gasteiger partial charge on any atom is -0.457 e. The molecule has 0 saturated carbocycles. The van der Waals surface area contributed by atoms with Gasteiger partial charge in [0.05, 0.1) is 11.4 Å². The van der Waals surface area contributed by atoms with Crippen molar-refractivity contribution >= 4 is 52.5 Å². The molecule has 4 rings (SSSR count). The Morgan fingerprint density at radius 2 is 1.53 bits per heavy atom. The van der Waals surface area contributed by atoms with Crippen LogP contribution in [-0.2, 0) is 16.0 Å². The van der Waals surface area contributed by atoms with Gasteiger partial charge in [0.15, 0.2) is 0 Å². The van der Waals surface area contributed by atoms with Crippen LogP contribution in [0.25, 0.3) is 17.4 Å². The first-order valence-corrected chi connectivity index (χ1v) is 11.2. The van der Waals surface area contributed by atoms with E-state index in [1.54, 1.807) is 60.7 Å². The lowest BCUT2D eigenvalue weighted by Crippen LogP contribution is -2.14. The lowest BCUT2D eigenvalue weighted by Gasteiger charge is -2.07. The highest BCUT2D eigenvalue weighted by Gasteiger charge is 2.09. The molecule has 0 saturated heterocycles. The summed E-state index contributed by atoms with van der Waals surface area (Å²) in [5, 5.41) is 6.64. The van der Waals surface area contributed by atoms with Gasteiger partial charge >= 0.3 is 0 Å². The number of carbonyl (C=O) groups excluding carboxylic acids is 2. The first kappa shape index (κ1) is 23.4. The van der Waals surface area contributed by atoms with Crippen LogP contribution in [0.2, 0.25) is 10.0 Å². The van der Waals surface area contributed by atoms with Crippen molar-refractivity contribution in [2.24, 2.45) is 0 Å². The molecule has 0 unspecified atom stereocenters. The molecule has 0 bridgehead atoms. The van der Waals surface area contributed by atoms with E-state index in [0.717, 1.165) is 5.56 Å². The van der Waals surface area contributed by atoms with Gasteiger partial charge in [-0.3, -0.25) is 9.59 Å². The molecule has 5 nitrogen and oxygen atoms in total. The molecular weight excluding hydrogens is 471 g/mol. The van der Waals surface area contributed by atoms with E-state index in [9.17, 15) is 9.59 Å². The number of carbonyl (C=O) groups is 2. The van der Waals surface area contributed by atoms with Crippen LogP contribution in [0, 0.1) is 0 Å². The molecule has 7 heteroatoms. The fourth-order valence-corrected chi connectivity index (χ4v) is 3.74. The Morgan fingerprint density at radius 3 is 2.24 bits per heavy atom. The maximum absolute atomic E-state index is 12.3. The van der Waals surface area contributed by atoms with Crippen molar-refractivity contribution in [1.29, 1.82) is 0 Å². The maximum Gasteiger partial charge on any atom is 0.248 e. The van der Waals surface area contributed by atoms with Crippen molar-refractivity contribution in [2.45, 2.75) is 6.42 Å². The molecule has 1 heterocycles. The van der Waals surface area contributed by atoms with E-state index in [2.05, 4.69) is 10.6 Å². The smallest absolute Gasteiger partial charge is 0.248 e. The number of nitrogens with one attached hydrogen (secondary N) is 2. The molecule has 0 aliphatic carbocycles. The minimum atomic E-state index is -0.316. The zero-order valence-corrected chi connectivity index (χ0v) is 19.4. The molecule has 170 valence electrons. The molecular formula is C27H20Cl2N2O3. The van der Waals surface area contributed by atoms with Gasteiger partial charge in [-0.25, -0.2) is 0 Å². The molecule has 0 spiro atoms. The second kappa shape index (κ2) is 10.9. The average Bonchev–Trinajstić information content (AvgIpc) is 3.28. The molecule has 2 amide bonds. The van der Waals surface area contributed by atoms with Crippen molar-refractivity contribution in [3.05, 3.63) is 112 Å². The highest BCUT2D eigenvalue weighted by molar-refractivity contribution is 6.36. The van der Waals surface area contributed by atoms with Gasteiger partial charge in [0.1, 0.15) is 11.5 Å². The maximum atomic E-state index is 12.3. The van der Waals surface area contributed by atoms with E-state index in [1.807, 2.05) is 30.3 Å². The van der Waals surface area contributed by atoms with Gasteiger partial charge in [0.2, 0.25) is 11.8 Å². The summed E-state index contributed by atoms with van der Waals surface area (Å²) in [6.07, 6.45) is 3.24. The van der Waals surface area contributed by atoms with Crippen LogP contribution < -0.4 is 10.6 Å². The Kier molecular flexibility index (Phi) is 7.48. The minimum absolute atomic E-state index is 0.108. The number of benzene rings is 3. The zero-order valence-electron chi connectivity index (χ0n) is 17.9. The van der Waals surface area contributed by atoms with E-state index >= 15 is 0 Å². The number of amides is 2. The Hall–Kier alpha value is -3.80. The van der Waals surface area contributed by atoms with Crippen molar-refractivity contribution in [3.63, 3.8) is 0 Å². The summed E-state index contributed by atoms with van der Waals surface area (Å²) in [5.41, 5.74) is 2.91. The van der Waals surface area contributed by atoms with Crippen LogP contribution in [0.1, 0.15) is 11.3 Å². The van der Waals surface area contributed by atoms with Crippen LogP contribution >= 0.6 is 23.2 Å². The summed E-state index contributed by atoms with van der Waals surface area (Å²) in [5.74, 6) is 0.659. The van der Waals surface area contributed by atoms with Crippen LogP contribution in [-0.4, -0.2) is 11.8 Å². The third-order valence-electron chi connectivity index (χ3n) is 4.87. The first-order chi connectivity index (χ1) is 16.5. The Labute approximate surface area is 207 Å². The average molecular weight is 491 g/mol. The molecule has 3 aromatic carbocycles. The monoisotopic (exact) mass is 490 g/mol. The lowest BCUT2D eigenvalue weighted by atomic mass is 10.1. The molecule has 34 heavy (non-hydrogen) atoms. The lowest BCUT2D eigenvalue weighted by molar-refractivity contribution is -0.115. The summed E-state index contributed by atoms with van der Waals surface area (Å²) in [6.45, 7) is 0. The summed E-state index contributed by atoms with van der Waals surface area (Å²) in [4.78, 5) is 24.5. The van der Waals surface area contributed by atoms with E-state index in [4.69, 9.17) is 27.6 Å². The van der Waals surface area contributed by atoms with Crippen molar-refractivity contribution in [2.75, 3.05) is 10.6 Å². The molecule has 1 aromatic heterocycles. The third kappa shape index (κ3) is 6.38. The Morgan fingerprint density at radius 1 is 0.824 bits per heavy atom. The summed E-state index contributed by atoms with van der Waals surface area (Å²) >= 11 is 12.1. The van der Waals surface area contributed by atoms with Crippen molar-refractivity contribution < 1.29 is 14.0 Å². The van der Waals surface area contributed by atoms with Gasteiger partial charge in [0, 0.05) is 28.0 Å². The Balaban J connectivity index is 1.31. The largest absolute Gasteiger partial charge is 0.457 e. The van der Waals surface area contributed by atoms with Gasteiger partial charge in [-0.15, -0.1) is 0 Å². The van der Waals surface area contributed by atoms with E-state index in [-0.39, 0.29) is 11.8 Å². The second-order valence-electron chi connectivity index (χ2n) is 7.44. The third-order valence-corrected chi connectivity index (χ3v) is 5.41. The summed E-state index contributed by atoms with van der Waals surface area (Å²) < 4.78 is 5.75. The number of furan rings is 1. The first-order valence-electron chi connectivity index (χ1n) is 10.4. The number of hydrogen-bond donors (Lipinski definition) is 2. The quantitative estimate of drug-likeness (QED) is 0.271. The van der Waals surface area contributed by atoms with E-state index < -0.39 is 0 Å². The SMILES string of the molecule is O=C(/C=C/c1ccc(-c2ccc(Cl)cc2Cl)o1)Nc1ccc(NC(=O)Cc2ccccc2)cc1. The number of anilines is 2. The van der Waals surface area contributed by atoms with Gasteiger partial charge in [0.25, 0.3) is 0 Å². The number of halogens is 2. The van der Waals surface area contributed by atoms with Crippen LogP contribution in [0.5, 0.6) is 0 Å². The molecule has 0 radical (unpaired) electrons. The Bertz CT molecular complexity index is 1330. The van der Waals surface area contributed by atoms with Gasteiger partial charge in [-0.1, -0.05) is 53.5 Å². The number of hydrogen-bond acceptors (Lipinski definition) is 3. The van der Waals surface area contributed by atoms with Crippen LogP contribution in [0.3, 0.4) is 0 Å². The fraction of sp³-hybridized carbons (Fsp3) is 0.0370. The van der Waals surface area contributed by atoms with Crippen LogP contribution in [0.4, 0.5) is 11.4 Å². The molecule has 0 aliphatic heterocycles. The van der Waals surface area contributed by atoms with Gasteiger partial charge < -0.3 is 15.1 Å². The van der Waals surface area contributed by atoms with Crippen LogP contribution in [0.15, 0.2) is 95.4 Å².